The molecule has 0 heterocycles. The van der Waals surface area contributed by atoms with Crippen LogP contribution in [0, 0.1) is 0 Å². The van der Waals surface area contributed by atoms with Gasteiger partial charge in [-0.05, 0) is 25.1 Å². The van der Waals surface area contributed by atoms with Crippen molar-refractivity contribution in [3.63, 3.8) is 0 Å². The first-order chi connectivity index (χ1) is 6.65. The van der Waals surface area contributed by atoms with Gasteiger partial charge in [0, 0.05) is 23.2 Å². The van der Waals surface area contributed by atoms with Crippen LogP contribution in [0.5, 0.6) is 5.75 Å². The van der Waals surface area contributed by atoms with E-state index in [1.54, 1.807) is 24.3 Å². The van der Waals surface area contributed by atoms with Gasteiger partial charge in [0.2, 0.25) is 0 Å². The zero-order valence-electron chi connectivity index (χ0n) is 8.13. The Labute approximate surface area is 89.2 Å². The van der Waals surface area contributed by atoms with Crippen molar-refractivity contribution in [3.8, 4) is 5.75 Å². The van der Waals surface area contributed by atoms with E-state index in [1.807, 2.05) is 6.92 Å². The summed E-state index contributed by atoms with van der Waals surface area (Å²) in [6.07, 6.45) is 1.78. The molecule has 1 atom stereocenters. The summed E-state index contributed by atoms with van der Waals surface area (Å²) in [6, 6.07) is 5.09. The highest BCUT2D eigenvalue weighted by molar-refractivity contribution is 6.30. The number of aromatic hydroxyl groups is 1. The quantitative estimate of drug-likeness (QED) is 0.751. The number of benzene rings is 1. The fourth-order valence-corrected chi connectivity index (χ4v) is 1.42. The Morgan fingerprint density at radius 1 is 1.64 bits per heavy atom. The first-order valence-electron chi connectivity index (χ1n) is 4.48. The van der Waals surface area contributed by atoms with Crippen LogP contribution in [0.4, 0.5) is 0 Å². The molecule has 3 heteroatoms. The first-order valence-corrected chi connectivity index (χ1v) is 4.85. The lowest BCUT2D eigenvalue weighted by atomic mass is 10.1. The van der Waals surface area contributed by atoms with E-state index in [0.29, 0.717) is 11.6 Å². The van der Waals surface area contributed by atoms with E-state index in [9.17, 15) is 5.11 Å². The van der Waals surface area contributed by atoms with Crippen LogP contribution in [0.25, 0.3) is 0 Å². The van der Waals surface area contributed by atoms with Gasteiger partial charge >= 0.3 is 0 Å². The van der Waals surface area contributed by atoms with E-state index in [1.165, 1.54) is 0 Å². The highest BCUT2D eigenvalue weighted by Crippen LogP contribution is 2.26. The van der Waals surface area contributed by atoms with Crippen molar-refractivity contribution >= 4 is 11.6 Å². The summed E-state index contributed by atoms with van der Waals surface area (Å²) < 4.78 is 0. The van der Waals surface area contributed by atoms with Crippen LogP contribution >= 0.6 is 11.6 Å². The lowest BCUT2D eigenvalue weighted by Crippen LogP contribution is -2.18. The summed E-state index contributed by atoms with van der Waals surface area (Å²) in [5.74, 6) is 0.262. The first kappa shape index (κ1) is 11.1. The molecule has 14 heavy (non-hydrogen) atoms. The highest BCUT2D eigenvalue weighted by Gasteiger charge is 2.09. The number of phenolic OH excluding ortho intramolecular Hbond substituents is 1. The number of nitrogens with one attached hydrogen (secondary N) is 1. The second kappa shape index (κ2) is 5.03. The summed E-state index contributed by atoms with van der Waals surface area (Å²) in [5.41, 5.74) is 0.805. The summed E-state index contributed by atoms with van der Waals surface area (Å²) in [4.78, 5) is 0. The fourth-order valence-electron chi connectivity index (χ4n) is 1.24. The molecule has 0 aliphatic heterocycles. The molecule has 0 fully saturated rings. The van der Waals surface area contributed by atoms with Crippen molar-refractivity contribution in [1.29, 1.82) is 0 Å². The van der Waals surface area contributed by atoms with Crippen LogP contribution in [0.15, 0.2) is 30.9 Å². The van der Waals surface area contributed by atoms with E-state index in [-0.39, 0.29) is 11.8 Å². The normalized spacial score (nSPS) is 12.4. The summed E-state index contributed by atoms with van der Waals surface area (Å²) in [6.45, 7) is 6.28. The van der Waals surface area contributed by atoms with Gasteiger partial charge < -0.3 is 10.4 Å². The smallest absolute Gasteiger partial charge is 0.120 e. The number of rotatable bonds is 4. The Balaban J connectivity index is 2.82. The van der Waals surface area contributed by atoms with E-state index in [2.05, 4.69) is 11.9 Å². The summed E-state index contributed by atoms with van der Waals surface area (Å²) in [7, 11) is 0. The SMILES string of the molecule is C=CCN[C@@H](C)c1cc(Cl)ccc1O. The Kier molecular flexibility index (Phi) is 3.98. The van der Waals surface area contributed by atoms with E-state index in [0.717, 1.165) is 5.56 Å². The van der Waals surface area contributed by atoms with Crippen LogP contribution in [0.2, 0.25) is 5.02 Å². The van der Waals surface area contributed by atoms with E-state index >= 15 is 0 Å². The highest BCUT2D eigenvalue weighted by atomic mass is 35.5. The minimum absolute atomic E-state index is 0.0618. The Morgan fingerprint density at radius 3 is 3.00 bits per heavy atom. The van der Waals surface area contributed by atoms with Crippen LogP contribution < -0.4 is 5.32 Å². The maximum Gasteiger partial charge on any atom is 0.120 e. The summed E-state index contributed by atoms with van der Waals surface area (Å²) >= 11 is 5.84. The predicted molar refractivity (Wildman–Crippen MR) is 59.7 cm³/mol. The third-order valence-electron chi connectivity index (χ3n) is 2.02. The van der Waals surface area contributed by atoms with Crippen molar-refractivity contribution in [2.45, 2.75) is 13.0 Å². The van der Waals surface area contributed by atoms with Crippen molar-refractivity contribution in [3.05, 3.63) is 41.4 Å². The molecule has 0 aromatic heterocycles. The minimum Gasteiger partial charge on any atom is -0.508 e. The van der Waals surface area contributed by atoms with Gasteiger partial charge in [-0.25, -0.2) is 0 Å². The molecular weight excluding hydrogens is 198 g/mol. The van der Waals surface area contributed by atoms with Crippen molar-refractivity contribution in [2.24, 2.45) is 0 Å². The van der Waals surface area contributed by atoms with Gasteiger partial charge in [-0.3, -0.25) is 0 Å². The molecule has 0 aliphatic carbocycles. The van der Waals surface area contributed by atoms with Gasteiger partial charge in [0.25, 0.3) is 0 Å². The van der Waals surface area contributed by atoms with Crippen LogP contribution in [0.1, 0.15) is 18.5 Å². The number of halogens is 1. The standard InChI is InChI=1S/C11H14ClNO/c1-3-6-13-8(2)10-7-9(12)4-5-11(10)14/h3-5,7-8,13-14H,1,6H2,2H3/t8-/m0/s1. The van der Waals surface area contributed by atoms with Gasteiger partial charge in [0.15, 0.2) is 0 Å². The second-order valence-corrected chi connectivity index (χ2v) is 3.56. The van der Waals surface area contributed by atoms with Gasteiger partial charge in [-0.2, -0.15) is 0 Å². The molecule has 0 aliphatic rings. The fraction of sp³-hybridized carbons (Fsp3) is 0.273. The molecule has 0 amide bonds. The molecule has 76 valence electrons. The molecule has 1 rings (SSSR count). The second-order valence-electron chi connectivity index (χ2n) is 3.12. The van der Waals surface area contributed by atoms with Crippen LogP contribution in [-0.2, 0) is 0 Å². The maximum absolute atomic E-state index is 9.58. The molecule has 2 nitrogen and oxygen atoms in total. The third kappa shape index (κ3) is 2.76. The molecule has 0 saturated heterocycles. The number of phenols is 1. The Bertz CT molecular complexity index is 325. The molecular formula is C11H14ClNO. The number of hydrogen-bond donors (Lipinski definition) is 2. The minimum atomic E-state index is 0.0618. The molecule has 2 N–H and O–H groups in total. The Hall–Kier alpha value is -0.990. The average molecular weight is 212 g/mol. The molecule has 0 unspecified atom stereocenters. The van der Waals surface area contributed by atoms with E-state index in [4.69, 9.17) is 11.6 Å². The van der Waals surface area contributed by atoms with Crippen molar-refractivity contribution in [1.82, 2.24) is 5.32 Å². The largest absolute Gasteiger partial charge is 0.508 e. The molecule has 0 bridgehead atoms. The molecule has 1 aromatic rings. The van der Waals surface area contributed by atoms with Crippen molar-refractivity contribution < 1.29 is 5.11 Å². The lowest BCUT2D eigenvalue weighted by Gasteiger charge is -2.14. The molecule has 0 spiro atoms. The maximum atomic E-state index is 9.58. The Morgan fingerprint density at radius 2 is 2.36 bits per heavy atom. The van der Waals surface area contributed by atoms with Gasteiger partial charge in [0.05, 0.1) is 0 Å². The lowest BCUT2D eigenvalue weighted by molar-refractivity contribution is 0.456. The zero-order chi connectivity index (χ0) is 10.6. The van der Waals surface area contributed by atoms with Gasteiger partial charge in [0.1, 0.15) is 5.75 Å². The van der Waals surface area contributed by atoms with Crippen molar-refractivity contribution in [2.75, 3.05) is 6.54 Å². The monoisotopic (exact) mass is 211 g/mol. The predicted octanol–water partition coefficient (Wildman–Crippen LogP) is 2.88. The average Bonchev–Trinajstić information content (AvgIpc) is 2.18. The zero-order valence-corrected chi connectivity index (χ0v) is 8.88. The molecule has 1 aromatic carbocycles. The topological polar surface area (TPSA) is 32.3 Å². The third-order valence-corrected chi connectivity index (χ3v) is 2.26. The number of hydrogen-bond acceptors (Lipinski definition) is 2. The van der Waals surface area contributed by atoms with E-state index < -0.39 is 0 Å². The molecule has 0 radical (unpaired) electrons. The van der Waals surface area contributed by atoms with Gasteiger partial charge in [-0.15, -0.1) is 6.58 Å². The summed E-state index contributed by atoms with van der Waals surface area (Å²) in [5, 5.41) is 13.4. The van der Waals surface area contributed by atoms with Gasteiger partial charge in [-0.1, -0.05) is 17.7 Å². The van der Waals surface area contributed by atoms with Crippen LogP contribution in [-0.4, -0.2) is 11.7 Å². The van der Waals surface area contributed by atoms with Crippen LogP contribution in [0.3, 0.4) is 0 Å². The molecule has 0 saturated carbocycles.